The Morgan fingerprint density at radius 2 is 1.85 bits per heavy atom. The van der Waals surface area contributed by atoms with E-state index in [0.717, 1.165) is 22.5 Å². The van der Waals surface area contributed by atoms with Gasteiger partial charge in [-0.3, -0.25) is 9.78 Å². The Balaban J connectivity index is 1.63. The predicted octanol–water partition coefficient (Wildman–Crippen LogP) is 5.29. The number of aromatic hydroxyl groups is 1. The van der Waals surface area contributed by atoms with Gasteiger partial charge in [0.15, 0.2) is 0 Å². The normalized spacial score (nSPS) is 11.8. The number of benzene rings is 3. The molecule has 0 spiro atoms. The summed E-state index contributed by atoms with van der Waals surface area (Å²) in [4.78, 5) is 19.3. The topological polar surface area (TPSA) is 77.5 Å². The Hall–Kier alpha value is -3.77. The average Bonchev–Trinajstić information content (AvgIpc) is 2.84. The summed E-state index contributed by atoms with van der Waals surface area (Å²) >= 11 is 6.53. The third-order valence-corrected chi connectivity index (χ3v) is 6.00. The van der Waals surface area contributed by atoms with Crippen LogP contribution in [0.1, 0.15) is 22.7 Å². The van der Waals surface area contributed by atoms with Crippen molar-refractivity contribution in [2.24, 2.45) is 0 Å². The molecule has 34 heavy (non-hydrogen) atoms. The first-order valence-electron chi connectivity index (χ1n) is 11.0. The van der Waals surface area contributed by atoms with Crippen molar-refractivity contribution in [1.82, 2.24) is 10.3 Å². The number of hydrogen-bond acceptors (Lipinski definition) is 5. The summed E-state index contributed by atoms with van der Waals surface area (Å²) in [5.41, 5.74) is 4.69. The van der Waals surface area contributed by atoms with Crippen molar-refractivity contribution >= 4 is 39.8 Å². The molecule has 0 saturated carbocycles. The molecule has 0 bridgehead atoms. The zero-order valence-corrected chi connectivity index (χ0v) is 20.1. The molecule has 3 aromatic carbocycles. The van der Waals surface area contributed by atoms with Crippen LogP contribution in [-0.2, 0) is 4.79 Å². The third kappa shape index (κ3) is 5.07. The maximum atomic E-state index is 13.0. The molecule has 3 N–H and O–H groups in total. The zero-order valence-electron chi connectivity index (χ0n) is 19.3. The largest absolute Gasteiger partial charge is 0.505 e. The van der Waals surface area contributed by atoms with Crippen LogP contribution in [0.5, 0.6) is 5.75 Å². The minimum absolute atomic E-state index is 0.00230. The van der Waals surface area contributed by atoms with E-state index in [4.69, 9.17) is 11.6 Å². The predicted molar refractivity (Wildman–Crippen MR) is 139 cm³/mol. The van der Waals surface area contributed by atoms with Crippen molar-refractivity contribution in [1.29, 1.82) is 0 Å². The highest BCUT2D eigenvalue weighted by Crippen LogP contribution is 2.38. The number of pyridine rings is 1. The van der Waals surface area contributed by atoms with Crippen molar-refractivity contribution in [2.75, 3.05) is 30.9 Å². The van der Waals surface area contributed by atoms with E-state index < -0.39 is 6.04 Å². The lowest BCUT2D eigenvalue weighted by atomic mass is 9.95. The Labute approximate surface area is 204 Å². The van der Waals surface area contributed by atoms with Gasteiger partial charge in [-0.25, -0.2) is 0 Å². The first-order valence-corrected chi connectivity index (χ1v) is 11.3. The minimum Gasteiger partial charge on any atom is -0.505 e. The number of aryl methyl sites for hydroxylation is 1. The SMILES string of the molecule is Cc1ccc(C(NC(=O)CNc2cccc(N(C)C)c2)c2cc(Cl)c3cccnc3c2O)cc1. The van der Waals surface area contributed by atoms with Gasteiger partial charge in [0.05, 0.1) is 17.6 Å². The van der Waals surface area contributed by atoms with Gasteiger partial charge in [0.2, 0.25) is 5.91 Å². The maximum Gasteiger partial charge on any atom is 0.240 e. The molecule has 1 atom stereocenters. The summed E-state index contributed by atoms with van der Waals surface area (Å²) in [5, 5.41) is 18.4. The van der Waals surface area contributed by atoms with E-state index in [1.165, 1.54) is 0 Å². The van der Waals surface area contributed by atoms with Crippen LogP contribution in [0, 0.1) is 6.92 Å². The van der Waals surface area contributed by atoms with Crippen LogP contribution in [0.15, 0.2) is 72.9 Å². The van der Waals surface area contributed by atoms with Crippen LogP contribution in [0.25, 0.3) is 10.9 Å². The molecule has 6 nitrogen and oxygen atoms in total. The lowest BCUT2D eigenvalue weighted by molar-refractivity contribution is -0.119. The summed E-state index contributed by atoms with van der Waals surface area (Å²) in [6.07, 6.45) is 1.60. The van der Waals surface area contributed by atoms with Crippen LogP contribution >= 0.6 is 11.6 Å². The van der Waals surface area contributed by atoms with Gasteiger partial charge in [-0.15, -0.1) is 0 Å². The molecule has 1 aromatic heterocycles. The molecule has 4 rings (SSSR count). The molecule has 7 heteroatoms. The molecule has 1 heterocycles. The first-order chi connectivity index (χ1) is 16.3. The molecule has 0 aliphatic carbocycles. The Morgan fingerprint density at radius 1 is 1.09 bits per heavy atom. The van der Waals surface area contributed by atoms with E-state index in [1.807, 2.05) is 74.4 Å². The molecule has 0 aliphatic heterocycles. The summed E-state index contributed by atoms with van der Waals surface area (Å²) in [7, 11) is 3.93. The fourth-order valence-corrected chi connectivity index (χ4v) is 4.08. The fourth-order valence-electron chi connectivity index (χ4n) is 3.81. The van der Waals surface area contributed by atoms with Crippen LogP contribution in [-0.4, -0.2) is 36.6 Å². The molecular weight excluding hydrogens is 448 g/mol. The Bertz CT molecular complexity index is 1320. The Kier molecular flexibility index (Phi) is 6.89. The van der Waals surface area contributed by atoms with Crippen molar-refractivity contribution in [3.8, 4) is 5.75 Å². The van der Waals surface area contributed by atoms with Crippen molar-refractivity contribution < 1.29 is 9.90 Å². The average molecular weight is 475 g/mol. The van der Waals surface area contributed by atoms with Gasteiger partial charge in [0.25, 0.3) is 0 Å². The number of amides is 1. The number of nitrogens with one attached hydrogen (secondary N) is 2. The van der Waals surface area contributed by atoms with Crippen molar-refractivity contribution in [3.05, 3.63) is 94.6 Å². The highest BCUT2D eigenvalue weighted by molar-refractivity contribution is 6.35. The number of carbonyl (C=O) groups excluding carboxylic acids is 1. The molecular formula is C27H27ClN4O2. The maximum absolute atomic E-state index is 13.0. The zero-order chi connectivity index (χ0) is 24.2. The molecule has 0 radical (unpaired) electrons. The molecule has 1 amide bonds. The van der Waals surface area contributed by atoms with Gasteiger partial charge < -0.3 is 20.6 Å². The summed E-state index contributed by atoms with van der Waals surface area (Å²) in [6.45, 7) is 2.07. The van der Waals surface area contributed by atoms with E-state index in [1.54, 1.807) is 24.4 Å². The number of phenols is 1. The first kappa shape index (κ1) is 23.4. The number of aromatic nitrogens is 1. The number of halogens is 1. The third-order valence-electron chi connectivity index (χ3n) is 5.69. The van der Waals surface area contributed by atoms with Gasteiger partial charge in [0, 0.05) is 42.6 Å². The smallest absolute Gasteiger partial charge is 0.240 e. The number of phenolic OH excluding ortho intramolecular Hbond substituents is 1. The molecule has 0 fully saturated rings. The van der Waals surface area contributed by atoms with Crippen molar-refractivity contribution in [2.45, 2.75) is 13.0 Å². The summed E-state index contributed by atoms with van der Waals surface area (Å²) in [5.74, 6) is -0.227. The van der Waals surface area contributed by atoms with Gasteiger partial charge >= 0.3 is 0 Å². The summed E-state index contributed by atoms with van der Waals surface area (Å²) < 4.78 is 0. The van der Waals surface area contributed by atoms with Crippen LogP contribution in [0.4, 0.5) is 11.4 Å². The second-order valence-corrected chi connectivity index (χ2v) is 8.81. The number of anilines is 2. The molecule has 174 valence electrons. The highest BCUT2D eigenvalue weighted by Gasteiger charge is 2.23. The van der Waals surface area contributed by atoms with Crippen LogP contribution < -0.4 is 15.5 Å². The van der Waals surface area contributed by atoms with E-state index in [9.17, 15) is 9.90 Å². The lowest BCUT2D eigenvalue weighted by Crippen LogP contribution is -2.34. The highest BCUT2D eigenvalue weighted by atomic mass is 35.5. The second kappa shape index (κ2) is 10.0. The van der Waals surface area contributed by atoms with Gasteiger partial charge in [-0.05, 0) is 48.9 Å². The molecule has 4 aromatic rings. The van der Waals surface area contributed by atoms with Gasteiger partial charge in [0.1, 0.15) is 11.3 Å². The second-order valence-electron chi connectivity index (χ2n) is 8.41. The summed E-state index contributed by atoms with van der Waals surface area (Å²) in [6, 6.07) is 20.3. The number of rotatable bonds is 7. The monoisotopic (exact) mass is 474 g/mol. The van der Waals surface area contributed by atoms with Crippen LogP contribution in [0.2, 0.25) is 5.02 Å². The van der Waals surface area contributed by atoms with Crippen LogP contribution in [0.3, 0.4) is 0 Å². The lowest BCUT2D eigenvalue weighted by Gasteiger charge is -2.22. The van der Waals surface area contributed by atoms with E-state index >= 15 is 0 Å². The number of carbonyl (C=O) groups is 1. The molecule has 0 saturated heterocycles. The number of hydrogen-bond donors (Lipinski definition) is 3. The van der Waals surface area contributed by atoms with Gasteiger partial charge in [-0.1, -0.05) is 47.5 Å². The number of nitrogens with zero attached hydrogens (tertiary/aromatic N) is 2. The van der Waals surface area contributed by atoms with Gasteiger partial charge in [-0.2, -0.15) is 0 Å². The van der Waals surface area contributed by atoms with E-state index in [2.05, 4.69) is 15.6 Å². The Morgan fingerprint density at radius 3 is 2.59 bits per heavy atom. The molecule has 1 unspecified atom stereocenters. The quantitative estimate of drug-likeness (QED) is 0.339. The van der Waals surface area contributed by atoms with E-state index in [0.29, 0.717) is 21.5 Å². The van der Waals surface area contributed by atoms with E-state index in [-0.39, 0.29) is 18.2 Å². The fraction of sp³-hybridized carbons (Fsp3) is 0.185. The molecule has 0 aliphatic rings. The standard InChI is InChI=1S/C27H27ClN4O2/c1-17-9-11-18(12-10-17)25(22-15-23(28)21-8-5-13-29-26(21)27(22)34)31-24(33)16-30-19-6-4-7-20(14-19)32(2)3/h4-15,25,30,34H,16H2,1-3H3,(H,31,33). The minimum atomic E-state index is -0.605. The van der Waals surface area contributed by atoms with Crippen molar-refractivity contribution in [3.63, 3.8) is 0 Å². The number of fused-ring (bicyclic) bond motifs is 1.